The second-order valence-corrected chi connectivity index (χ2v) is 5.35. The number of imidazole rings is 1. The van der Waals surface area contributed by atoms with E-state index in [-0.39, 0.29) is 17.9 Å². The van der Waals surface area contributed by atoms with Gasteiger partial charge in [-0.05, 0) is 32.0 Å². The van der Waals surface area contributed by atoms with Crippen LogP contribution in [0.4, 0.5) is 19.1 Å². The molecule has 1 amide bonds. The van der Waals surface area contributed by atoms with E-state index in [4.69, 9.17) is 0 Å². The number of nitrogens with one attached hydrogen (secondary N) is 2. The largest absolute Gasteiger partial charge is 0.416 e. The van der Waals surface area contributed by atoms with Crippen LogP contribution in [-0.2, 0) is 11.0 Å². The Morgan fingerprint density at radius 1 is 1.38 bits per heavy atom. The molecule has 2 aromatic rings. The maximum Gasteiger partial charge on any atom is 0.416 e. The van der Waals surface area contributed by atoms with Crippen molar-refractivity contribution < 1.29 is 23.1 Å². The summed E-state index contributed by atoms with van der Waals surface area (Å²) in [6.45, 7) is 2.95. The predicted molar refractivity (Wildman–Crippen MR) is 70.6 cm³/mol. The number of carbonyl (C=O) groups excluding carboxylic acids is 1. The normalized spacial score (nSPS) is 12.7. The molecular formula is C13H14F3N3O2. The molecule has 2 rings (SSSR count). The van der Waals surface area contributed by atoms with Crippen LogP contribution in [0.1, 0.15) is 25.8 Å². The fourth-order valence-corrected chi connectivity index (χ4v) is 1.81. The van der Waals surface area contributed by atoms with Gasteiger partial charge < -0.3 is 10.1 Å². The summed E-state index contributed by atoms with van der Waals surface area (Å²) >= 11 is 0. The molecule has 0 spiro atoms. The number of halogens is 3. The number of carbonyl (C=O) groups is 1. The molecule has 21 heavy (non-hydrogen) atoms. The van der Waals surface area contributed by atoms with E-state index in [1.807, 2.05) is 0 Å². The zero-order valence-corrected chi connectivity index (χ0v) is 11.4. The number of H-pyrrole nitrogens is 1. The Labute approximate surface area is 118 Å². The highest BCUT2D eigenvalue weighted by Gasteiger charge is 2.30. The molecule has 1 aromatic heterocycles. The summed E-state index contributed by atoms with van der Waals surface area (Å²) in [6.07, 6.45) is -4.60. The Bertz CT molecular complexity index is 671. The van der Waals surface area contributed by atoms with Crippen LogP contribution in [0.2, 0.25) is 0 Å². The van der Waals surface area contributed by atoms with Gasteiger partial charge in [0.05, 0.1) is 28.6 Å². The van der Waals surface area contributed by atoms with E-state index in [0.717, 1.165) is 12.1 Å². The van der Waals surface area contributed by atoms with Gasteiger partial charge in [0, 0.05) is 0 Å². The van der Waals surface area contributed by atoms with Crippen LogP contribution in [-0.4, -0.2) is 26.6 Å². The monoisotopic (exact) mass is 301 g/mol. The molecule has 0 radical (unpaired) electrons. The van der Waals surface area contributed by atoms with Gasteiger partial charge in [-0.15, -0.1) is 0 Å². The van der Waals surface area contributed by atoms with Crippen molar-refractivity contribution in [3.05, 3.63) is 23.8 Å². The summed E-state index contributed by atoms with van der Waals surface area (Å²) in [5, 5.41) is 11.9. The van der Waals surface area contributed by atoms with Crippen molar-refractivity contribution in [1.29, 1.82) is 0 Å². The van der Waals surface area contributed by atoms with E-state index in [1.165, 1.54) is 19.9 Å². The zero-order valence-electron chi connectivity index (χ0n) is 11.4. The number of fused-ring (bicyclic) bond motifs is 1. The van der Waals surface area contributed by atoms with Crippen molar-refractivity contribution in [3.8, 4) is 0 Å². The number of alkyl halides is 3. The minimum atomic E-state index is -4.44. The first-order chi connectivity index (χ1) is 9.54. The van der Waals surface area contributed by atoms with E-state index >= 15 is 0 Å². The van der Waals surface area contributed by atoms with Crippen molar-refractivity contribution in [3.63, 3.8) is 0 Å². The Hall–Kier alpha value is -2.09. The Balaban J connectivity index is 2.21. The maximum absolute atomic E-state index is 12.6. The number of hydrogen-bond donors (Lipinski definition) is 3. The van der Waals surface area contributed by atoms with E-state index in [9.17, 15) is 23.1 Å². The first kappa shape index (κ1) is 15.3. The smallest absolute Gasteiger partial charge is 0.390 e. The summed E-state index contributed by atoms with van der Waals surface area (Å²) < 4.78 is 37.8. The first-order valence-electron chi connectivity index (χ1n) is 6.14. The summed E-state index contributed by atoms with van der Waals surface area (Å²) in [4.78, 5) is 18.2. The van der Waals surface area contributed by atoms with Crippen molar-refractivity contribution in [2.24, 2.45) is 0 Å². The minimum Gasteiger partial charge on any atom is -0.390 e. The molecule has 1 heterocycles. The molecule has 0 unspecified atom stereocenters. The molecule has 0 bridgehead atoms. The molecule has 5 nitrogen and oxygen atoms in total. The highest BCUT2D eigenvalue weighted by atomic mass is 19.4. The van der Waals surface area contributed by atoms with Crippen molar-refractivity contribution in [2.45, 2.75) is 32.0 Å². The number of amides is 1. The van der Waals surface area contributed by atoms with E-state index < -0.39 is 23.2 Å². The third kappa shape index (κ3) is 3.94. The molecule has 0 atom stereocenters. The standard InChI is InChI=1S/C13H14F3N3O2/c1-12(2,21)6-10(20)19-11-17-8-4-3-7(13(14,15)16)5-9(8)18-11/h3-5,21H,6H2,1-2H3,(H2,17,18,19,20). The molecule has 0 aliphatic heterocycles. The maximum atomic E-state index is 12.6. The van der Waals surface area contributed by atoms with E-state index in [2.05, 4.69) is 15.3 Å². The van der Waals surface area contributed by atoms with E-state index in [1.54, 1.807) is 0 Å². The van der Waals surface area contributed by atoms with Crippen molar-refractivity contribution >= 4 is 22.9 Å². The molecule has 0 saturated carbocycles. The summed E-state index contributed by atoms with van der Waals surface area (Å²) in [5.74, 6) is -0.448. The fourth-order valence-electron chi connectivity index (χ4n) is 1.81. The van der Waals surface area contributed by atoms with Gasteiger partial charge in [0.15, 0.2) is 0 Å². The lowest BCUT2D eigenvalue weighted by Gasteiger charge is -2.15. The molecule has 0 saturated heterocycles. The first-order valence-corrected chi connectivity index (χ1v) is 6.14. The van der Waals surface area contributed by atoms with Gasteiger partial charge in [-0.1, -0.05) is 0 Å². The highest BCUT2D eigenvalue weighted by molar-refractivity contribution is 5.91. The van der Waals surface area contributed by atoms with Crippen LogP contribution in [0, 0.1) is 0 Å². The van der Waals surface area contributed by atoms with Gasteiger partial charge in [-0.2, -0.15) is 13.2 Å². The highest BCUT2D eigenvalue weighted by Crippen LogP contribution is 2.31. The second-order valence-electron chi connectivity index (χ2n) is 5.35. The topological polar surface area (TPSA) is 78.0 Å². The number of benzene rings is 1. The van der Waals surface area contributed by atoms with Crippen molar-refractivity contribution in [2.75, 3.05) is 5.32 Å². The zero-order chi connectivity index (χ0) is 15.8. The fraction of sp³-hybridized carbons (Fsp3) is 0.385. The SMILES string of the molecule is CC(C)(O)CC(=O)Nc1nc2ccc(C(F)(F)F)cc2[nH]1. The molecule has 1 aromatic carbocycles. The molecule has 0 aliphatic carbocycles. The molecule has 8 heteroatoms. The summed E-state index contributed by atoms with van der Waals surface area (Å²) in [5.41, 5.74) is -1.50. The van der Waals surface area contributed by atoms with Gasteiger partial charge in [0.25, 0.3) is 0 Å². The van der Waals surface area contributed by atoms with Gasteiger partial charge in [0.2, 0.25) is 11.9 Å². The molecule has 114 valence electrons. The van der Waals surface area contributed by atoms with Crippen LogP contribution >= 0.6 is 0 Å². The molecule has 3 N–H and O–H groups in total. The molecular weight excluding hydrogens is 287 g/mol. The van der Waals surface area contributed by atoms with Crippen LogP contribution in [0.5, 0.6) is 0 Å². The van der Waals surface area contributed by atoms with Gasteiger partial charge in [-0.3, -0.25) is 10.1 Å². The third-order valence-corrected chi connectivity index (χ3v) is 2.66. The third-order valence-electron chi connectivity index (χ3n) is 2.66. The van der Waals surface area contributed by atoms with Crippen LogP contribution in [0.25, 0.3) is 11.0 Å². The van der Waals surface area contributed by atoms with Crippen molar-refractivity contribution in [1.82, 2.24) is 9.97 Å². The van der Waals surface area contributed by atoms with E-state index in [0.29, 0.717) is 5.52 Å². The summed E-state index contributed by atoms with van der Waals surface area (Å²) in [7, 11) is 0. The Morgan fingerprint density at radius 2 is 2.05 bits per heavy atom. The predicted octanol–water partition coefficient (Wildman–Crippen LogP) is 2.68. The lowest BCUT2D eigenvalue weighted by molar-refractivity contribution is -0.137. The number of rotatable bonds is 3. The Morgan fingerprint density at radius 3 is 2.62 bits per heavy atom. The second kappa shape index (κ2) is 5.03. The quantitative estimate of drug-likeness (QED) is 0.815. The molecule has 0 fully saturated rings. The van der Waals surface area contributed by atoms with Crippen LogP contribution in [0.3, 0.4) is 0 Å². The lowest BCUT2D eigenvalue weighted by atomic mass is 10.1. The van der Waals surface area contributed by atoms with Crippen LogP contribution in [0.15, 0.2) is 18.2 Å². The van der Waals surface area contributed by atoms with Gasteiger partial charge in [-0.25, -0.2) is 4.98 Å². The number of aromatic amines is 1. The number of hydrogen-bond acceptors (Lipinski definition) is 3. The van der Waals surface area contributed by atoms with Gasteiger partial charge >= 0.3 is 6.18 Å². The number of nitrogens with zero attached hydrogens (tertiary/aromatic N) is 1. The van der Waals surface area contributed by atoms with Crippen LogP contribution < -0.4 is 5.32 Å². The number of aromatic nitrogens is 2. The molecule has 0 aliphatic rings. The lowest BCUT2D eigenvalue weighted by Crippen LogP contribution is -2.27. The average Bonchev–Trinajstić information content (AvgIpc) is 2.65. The van der Waals surface area contributed by atoms with Gasteiger partial charge in [0.1, 0.15) is 0 Å². The Kier molecular flexibility index (Phi) is 3.66. The minimum absolute atomic E-state index is 0.0403. The average molecular weight is 301 g/mol. The number of anilines is 1. The number of aliphatic hydroxyl groups is 1. The summed E-state index contributed by atoms with van der Waals surface area (Å²) in [6, 6.07) is 3.07.